The molecule has 0 bridgehead atoms. The summed E-state index contributed by atoms with van der Waals surface area (Å²) in [6.45, 7) is 24.7. The van der Waals surface area contributed by atoms with E-state index in [9.17, 15) is 5.11 Å². The van der Waals surface area contributed by atoms with E-state index in [1.807, 2.05) is 93.2 Å². The summed E-state index contributed by atoms with van der Waals surface area (Å²) in [7, 11) is 1.59. The molecule has 5 heteroatoms. The highest BCUT2D eigenvalue weighted by atomic mass is 32.2. The van der Waals surface area contributed by atoms with Crippen LogP contribution in [-0.2, 0) is 6.42 Å². The minimum Gasteiger partial charge on any atom is -0.508 e. The first-order valence-corrected chi connectivity index (χ1v) is 19.4. The Kier molecular flexibility index (Phi) is 22.6. The number of phenols is 1. The average Bonchev–Trinajstić information content (AvgIpc) is 3.08. The molecule has 282 valence electrons. The van der Waals surface area contributed by atoms with E-state index in [1.165, 1.54) is 60.1 Å². The molecule has 0 amide bonds. The van der Waals surface area contributed by atoms with Crippen LogP contribution in [0.5, 0.6) is 17.2 Å². The smallest absolute Gasteiger partial charge is 0.127 e. The maximum absolute atomic E-state index is 9.23. The number of phenolic OH excluding ortho intramolecular Hbond substituents is 1. The van der Waals surface area contributed by atoms with E-state index < -0.39 is 0 Å². The fraction of sp³-hybridized carbons (Fsp3) is 0.383. The quantitative estimate of drug-likeness (QED) is 0.126. The Morgan fingerprint density at radius 1 is 0.865 bits per heavy atom. The highest BCUT2D eigenvalue weighted by Gasteiger charge is 2.11. The summed E-state index contributed by atoms with van der Waals surface area (Å²) < 4.78 is 10.8. The van der Waals surface area contributed by atoms with Gasteiger partial charge in [0.15, 0.2) is 0 Å². The van der Waals surface area contributed by atoms with Gasteiger partial charge < -0.3 is 20.0 Å². The molecular weight excluding hydrogens is 659 g/mol. The van der Waals surface area contributed by atoms with E-state index in [0.717, 1.165) is 40.3 Å². The van der Waals surface area contributed by atoms with Gasteiger partial charge in [-0.15, -0.1) is 0 Å². The third kappa shape index (κ3) is 20.0. The largest absolute Gasteiger partial charge is 0.508 e. The summed E-state index contributed by atoms with van der Waals surface area (Å²) >= 11 is 1.82. The van der Waals surface area contributed by atoms with E-state index in [1.54, 1.807) is 19.2 Å². The lowest BCUT2D eigenvalue weighted by molar-refractivity contribution is 0.131. The second kappa shape index (κ2) is 25.7. The number of hydrogen-bond acceptors (Lipinski definition) is 5. The molecule has 2 N–H and O–H groups in total. The van der Waals surface area contributed by atoms with Crippen molar-refractivity contribution in [1.82, 2.24) is 0 Å². The summed E-state index contributed by atoms with van der Waals surface area (Å²) in [6, 6.07) is 29.1. The van der Waals surface area contributed by atoms with Gasteiger partial charge in [0.1, 0.15) is 22.8 Å². The Morgan fingerprint density at radius 3 is 1.88 bits per heavy atom. The molecular formula is C47H65NO3S. The average molecular weight is 724 g/mol. The van der Waals surface area contributed by atoms with Gasteiger partial charge in [-0.3, -0.25) is 0 Å². The summed E-state index contributed by atoms with van der Waals surface area (Å²) in [5, 5.41) is 16.6. The Hall–Kier alpha value is -4.22. The number of hydrogen-bond donors (Lipinski definition) is 2. The number of methoxy groups -OCH3 is 1. The van der Waals surface area contributed by atoms with Gasteiger partial charge in [0, 0.05) is 16.7 Å². The minimum atomic E-state index is -0.129. The van der Waals surface area contributed by atoms with Crippen molar-refractivity contribution >= 4 is 24.1 Å². The standard InChI is InChI=1S/C14H13NO2.C13H18S.C12H16O.C4H8.C4H10/c1-17-14-7-4-11(8-12(14)9-15)10-2-5-13(16)6-3-10;1-4-8-12-9-6-7-10-13(12)14-11(3)5-2;1-5-10-6-8-11(9-7-10)13-12(2,3)4;1-2-4-3-1;1-4(2)3/h2-9,15-16H,1H3;6-7,9-10H,3-5,8H2,1-2H3;5-9H,1H2,2-4H3;1-4H2;4H,1-3H3. The molecule has 0 saturated heterocycles. The SMILES string of the molecule is C1CCC1.C=C(CC)Sc1ccccc1CCC.C=Cc1ccc(OC(C)(C)C)cc1.CC(C)C.COc1ccc(-c2ccc(O)cc2)cc1C=N. The Balaban J connectivity index is 0.000000354. The highest BCUT2D eigenvalue weighted by Crippen LogP contribution is 2.31. The molecule has 0 radical (unpaired) electrons. The van der Waals surface area contributed by atoms with Crippen LogP contribution in [0, 0.1) is 11.3 Å². The molecule has 5 rings (SSSR count). The number of benzene rings is 4. The second-order valence-corrected chi connectivity index (χ2v) is 15.4. The first kappa shape index (κ1) is 45.8. The van der Waals surface area contributed by atoms with E-state index in [0.29, 0.717) is 5.75 Å². The van der Waals surface area contributed by atoms with Crippen molar-refractivity contribution in [2.75, 3.05) is 7.11 Å². The van der Waals surface area contributed by atoms with Crippen LogP contribution < -0.4 is 9.47 Å². The number of rotatable bonds is 10. The molecule has 1 fully saturated rings. The van der Waals surface area contributed by atoms with Crippen LogP contribution in [0.3, 0.4) is 0 Å². The fourth-order valence-electron chi connectivity index (χ4n) is 4.26. The first-order valence-electron chi connectivity index (χ1n) is 18.6. The molecule has 4 nitrogen and oxygen atoms in total. The summed E-state index contributed by atoms with van der Waals surface area (Å²) in [4.78, 5) is 2.62. The van der Waals surface area contributed by atoms with Gasteiger partial charge in [0.05, 0.1) is 7.11 Å². The van der Waals surface area contributed by atoms with Crippen molar-refractivity contribution in [2.45, 2.75) is 111 Å². The summed E-state index contributed by atoms with van der Waals surface area (Å²) in [5.41, 5.74) is 5.15. The van der Waals surface area contributed by atoms with Crippen molar-refractivity contribution in [1.29, 1.82) is 5.41 Å². The van der Waals surface area contributed by atoms with Crippen molar-refractivity contribution in [2.24, 2.45) is 5.92 Å². The van der Waals surface area contributed by atoms with Gasteiger partial charge >= 0.3 is 0 Å². The maximum atomic E-state index is 9.23. The molecule has 0 spiro atoms. The normalized spacial score (nSPS) is 11.3. The maximum Gasteiger partial charge on any atom is 0.127 e. The van der Waals surface area contributed by atoms with E-state index in [-0.39, 0.29) is 11.4 Å². The third-order valence-electron chi connectivity index (χ3n) is 7.27. The number of thioether (sulfide) groups is 1. The summed E-state index contributed by atoms with van der Waals surface area (Å²) in [5.74, 6) is 2.66. The van der Waals surface area contributed by atoms with Gasteiger partial charge in [-0.2, -0.15) is 0 Å². The molecule has 4 aromatic carbocycles. The van der Waals surface area contributed by atoms with Gasteiger partial charge in [-0.1, -0.05) is 146 Å². The molecule has 0 atom stereocenters. The van der Waals surface area contributed by atoms with E-state index >= 15 is 0 Å². The highest BCUT2D eigenvalue weighted by molar-refractivity contribution is 8.03. The number of allylic oxidation sites excluding steroid dienone is 1. The zero-order chi connectivity index (χ0) is 38.9. The molecule has 1 aliphatic carbocycles. The van der Waals surface area contributed by atoms with Crippen molar-refractivity contribution in [3.63, 3.8) is 0 Å². The lowest BCUT2D eigenvalue weighted by Gasteiger charge is -2.21. The van der Waals surface area contributed by atoms with E-state index in [2.05, 4.69) is 72.0 Å². The van der Waals surface area contributed by atoms with Gasteiger partial charge in [0.2, 0.25) is 0 Å². The van der Waals surface area contributed by atoms with Crippen LogP contribution >= 0.6 is 11.8 Å². The van der Waals surface area contributed by atoms with Crippen LogP contribution in [0.25, 0.3) is 17.2 Å². The van der Waals surface area contributed by atoms with Gasteiger partial charge in [-0.05, 0) is 109 Å². The lowest BCUT2D eigenvalue weighted by Crippen LogP contribution is -2.22. The molecule has 1 saturated carbocycles. The molecule has 0 heterocycles. The molecule has 52 heavy (non-hydrogen) atoms. The van der Waals surface area contributed by atoms with Crippen LogP contribution in [0.15, 0.2) is 114 Å². The molecule has 0 aliphatic heterocycles. The van der Waals surface area contributed by atoms with Gasteiger partial charge in [-0.25, -0.2) is 0 Å². The van der Waals surface area contributed by atoms with Crippen LogP contribution in [-0.4, -0.2) is 24.0 Å². The predicted octanol–water partition coefficient (Wildman–Crippen LogP) is 14.4. The molecule has 1 aliphatic rings. The third-order valence-corrected chi connectivity index (χ3v) is 8.46. The van der Waals surface area contributed by atoms with Crippen LogP contribution in [0.4, 0.5) is 0 Å². The van der Waals surface area contributed by atoms with Crippen molar-refractivity contribution in [3.8, 4) is 28.4 Å². The van der Waals surface area contributed by atoms with Crippen LogP contribution in [0.1, 0.15) is 111 Å². The summed E-state index contributed by atoms with van der Waals surface area (Å²) in [6.07, 6.45) is 12.5. The number of nitrogens with one attached hydrogen (secondary N) is 1. The molecule has 0 unspecified atom stereocenters. The topological polar surface area (TPSA) is 62.5 Å². The Labute approximate surface area is 320 Å². The number of aryl methyl sites for hydroxylation is 1. The first-order chi connectivity index (χ1) is 24.8. The molecule has 0 aromatic heterocycles. The predicted molar refractivity (Wildman–Crippen MR) is 230 cm³/mol. The van der Waals surface area contributed by atoms with Crippen molar-refractivity contribution < 1.29 is 14.6 Å². The van der Waals surface area contributed by atoms with Crippen LogP contribution in [0.2, 0.25) is 0 Å². The molecule has 4 aromatic rings. The van der Waals surface area contributed by atoms with Gasteiger partial charge in [0.25, 0.3) is 0 Å². The number of ether oxygens (including phenoxy) is 2. The lowest BCUT2D eigenvalue weighted by atomic mass is 10.0. The Bertz CT molecular complexity index is 1570. The second-order valence-electron chi connectivity index (χ2n) is 14.1. The fourth-order valence-corrected chi connectivity index (χ4v) is 5.17. The zero-order valence-corrected chi connectivity index (χ0v) is 34.2. The van der Waals surface area contributed by atoms with E-state index in [4.69, 9.17) is 14.9 Å². The minimum absolute atomic E-state index is 0.129. The number of aromatic hydroxyl groups is 1. The Morgan fingerprint density at radius 2 is 1.42 bits per heavy atom. The monoisotopic (exact) mass is 723 g/mol. The van der Waals surface area contributed by atoms with Crippen molar-refractivity contribution in [3.05, 3.63) is 126 Å². The zero-order valence-electron chi connectivity index (χ0n) is 33.4.